The molecule has 0 spiro atoms. The molecule has 16 nitrogen and oxygen atoms in total. The number of carbonyl (C=O) groups is 1. The van der Waals surface area contributed by atoms with Crippen LogP contribution in [0.1, 0.15) is 61.0 Å². The second kappa shape index (κ2) is 18.4. The van der Waals surface area contributed by atoms with Crippen molar-refractivity contribution in [1.82, 2.24) is 9.88 Å². The number of phenols is 1. The number of aliphatic hydroxyl groups excluding tert-OH is 4. The van der Waals surface area contributed by atoms with E-state index in [0.29, 0.717) is 24.7 Å². The summed E-state index contributed by atoms with van der Waals surface area (Å²) >= 11 is 0. The minimum atomic E-state index is -1.95. The third kappa shape index (κ3) is 8.69. The fourth-order valence-electron chi connectivity index (χ4n) is 9.37. The Balaban J connectivity index is 1.46. The number of hydrogen-bond acceptors (Lipinski definition) is 15. The molecule has 3 aliphatic heterocycles. The zero-order valence-corrected chi connectivity index (χ0v) is 38.7. The van der Waals surface area contributed by atoms with Crippen molar-refractivity contribution in [3.63, 3.8) is 0 Å². The van der Waals surface area contributed by atoms with Gasteiger partial charge in [-0.25, -0.2) is 4.98 Å². The first-order chi connectivity index (χ1) is 30.7. The standard InChI is InChI=1S/C49H62N4O12/c1-23(2)22-52-15-17-53(18-16-52)30-20-31(54)37-33(21-30)64-46-38(50-37)34-35-43(58)29(8)45-36(34)47(60)49(9,65-45)63-19-14-32(62-10)26(5)41(56)28(7)42(57)27(6)40(55)24(3)12-11-13-25(4)48(61)51-39(46)44(35)59/h11-14,19-21,23-24,26-28,32,40-42,55-58,60H,15-18,22H2,1-10H3,(H,51,61)/b12-11?,19-14-,25-13+. The molecule has 1 amide bonds. The minimum Gasteiger partial charge on any atom is -0.507 e. The van der Waals surface area contributed by atoms with Gasteiger partial charge in [-0.15, -0.1) is 0 Å². The quantitative estimate of drug-likeness (QED) is 0.120. The molecule has 4 heterocycles. The third-order valence-electron chi connectivity index (χ3n) is 13.5. The predicted octanol–water partition coefficient (Wildman–Crippen LogP) is 4.77. The Morgan fingerprint density at radius 1 is 0.908 bits per heavy atom. The van der Waals surface area contributed by atoms with Gasteiger partial charge in [0.15, 0.2) is 22.4 Å². The summed E-state index contributed by atoms with van der Waals surface area (Å²) in [4.78, 5) is 52.1. The lowest BCUT2D eigenvalue weighted by Crippen LogP contribution is -2.47. The summed E-state index contributed by atoms with van der Waals surface area (Å²) in [5.74, 6) is -5.68. The molecule has 65 heavy (non-hydrogen) atoms. The van der Waals surface area contributed by atoms with Crippen LogP contribution in [-0.2, 0) is 14.3 Å². The molecule has 1 fully saturated rings. The summed E-state index contributed by atoms with van der Waals surface area (Å²) in [5.41, 5.74) is -1.25. The molecule has 0 saturated carbocycles. The van der Waals surface area contributed by atoms with Crippen LogP contribution in [0, 0.1) is 36.5 Å². The molecule has 0 aliphatic carbocycles. The van der Waals surface area contributed by atoms with Crippen molar-refractivity contribution in [2.24, 2.45) is 29.6 Å². The molecule has 3 aliphatic rings. The highest BCUT2D eigenvalue weighted by Crippen LogP contribution is 2.42. The van der Waals surface area contributed by atoms with Crippen LogP contribution in [0.25, 0.3) is 38.7 Å². The SMILES string of the molecule is COC1/C=C\OC2(C)Oc3c(C)c(O)c4c(=O)c(c5oc6cc(N7CCN(CC(C)C)CC7)cc(=O)c6nc5c4c3=C2O)NC(=O)/C(C)=C/C=CC(C)C(O)C(C)C(O)C(C)C(O)C1C. The first-order valence-electron chi connectivity index (χ1n) is 22.3. The number of rotatable bonds is 4. The number of carbonyl (C=O) groups excluding carboxylic acids is 1. The first kappa shape index (κ1) is 47.4. The molecular formula is C49H62N4O12. The Hall–Kier alpha value is -5.52. The van der Waals surface area contributed by atoms with Crippen LogP contribution < -0.4 is 31.0 Å². The Morgan fingerprint density at radius 3 is 2.23 bits per heavy atom. The molecule has 350 valence electrons. The van der Waals surface area contributed by atoms with Gasteiger partial charge >= 0.3 is 5.79 Å². The number of amides is 1. The number of fused-ring (bicyclic) bond motifs is 2. The summed E-state index contributed by atoms with van der Waals surface area (Å²) in [5, 5.41) is 60.2. The zero-order valence-electron chi connectivity index (χ0n) is 38.7. The molecule has 7 rings (SSSR count). The van der Waals surface area contributed by atoms with Crippen molar-refractivity contribution in [1.29, 1.82) is 0 Å². The number of phenolic OH excluding ortho intramolecular Hbond substituents is 1. The van der Waals surface area contributed by atoms with Crippen molar-refractivity contribution in [2.45, 2.75) is 92.5 Å². The van der Waals surface area contributed by atoms with Gasteiger partial charge in [-0.05, 0) is 25.8 Å². The summed E-state index contributed by atoms with van der Waals surface area (Å²) in [6, 6.07) is 3.17. The number of hydrogen-bond donors (Lipinski definition) is 6. The van der Waals surface area contributed by atoms with Crippen LogP contribution in [0.4, 0.5) is 11.4 Å². The van der Waals surface area contributed by atoms with E-state index in [4.69, 9.17) is 23.6 Å². The van der Waals surface area contributed by atoms with Crippen molar-refractivity contribution < 1.29 is 49.0 Å². The maximum Gasteiger partial charge on any atom is 0.307 e. The van der Waals surface area contributed by atoms with Gasteiger partial charge in [0.1, 0.15) is 22.7 Å². The van der Waals surface area contributed by atoms with E-state index in [1.54, 1.807) is 45.9 Å². The second-order valence-electron chi connectivity index (χ2n) is 18.6. The van der Waals surface area contributed by atoms with E-state index in [-0.39, 0.29) is 60.8 Å². The van der Waals surface area contributed by atoms with Gasteiger partial charge in [-0.1, -0.05) is 59.8 Å². The van der Waals surface area contributed by atoms with Gasteiger partial charge in [0.25, 0.3) is 5.91 Å². The van der Waals surface area contributed by atoms with Gasteiger partial charge in [0, 0.05) is 105 Å². The van der Waals surface area contributed by atoms with Crippen LogP contribution >= 0.6 is 0 Å². The van der Waals surface area contributed by atoms with E-state index in [1.807, 2.05) is 0 Å². The van der Waals surface area contributed by atoms with Crippen molar-refractivity contribution >= 4 is 56.0 Å². The maximum atomic E-state index is 14.8. The van der Waals surface area contributed by atoms with Crippen LogP contribution in [0.5, 0.6) is 11.5 Å². The fourth-order valence-corrected chi connectivity index (χ4v) is 9.37. The number of allylic oxidation sites excluding steroid dienone is 2. The number of anilines is 2. The molecule has 9 atom stereocenters. The first-order valence-corrected chi connectivity index (χ1v) is 22.3. The van der Waals surface area contributed by atoms with Crippen LogP contribution in [0.15, 0.2) is 62.3 Å². The molecule has 1 aromatic heterocycles. The molecule has 4 aromatic rings. The van der Waals surface area contributed by atoms with E-state index in [0.717, 1.165) is 19.6 Å². The molecule has 16 heteroatoms. The number of aromatic nitrogens is 1. The highest BCUT2D eigenvalue weighted by molar-refractivity contribution is 6.16. The number of aliphatic hydroxyl groups is 4. The molecule has 9 unspecified atom stereocenters. The highest BCUT2D eigenvalue weighted by atomic mass is 16.7. The maximum absolute atomic E-state index is 14.8. The van der Waals surface area contributed by atoms with Crippen LogP contribution in [0.3, 0.4) is 0 Å². The lowest BCUT2D eigenvalue weighted by atomic mass is 9.78. The topological polar surface area (TPSA) is 225 Å². The monoisotopic (exact) mass is 898 g/mol. The average molecular weight is 899 g/mol. The summed E-state index contributed by atoms with van der Waals surface area (Å²) in [6.07, 6.45) is 3.50. The normalized spacial score (nSPS) is 29.9. The number of aromatic hydroxyl groups is 1. The Morgan fingerprint density at radius 2 is 1.57 bits per heavy atom. The van der Waals surface area contributed by atoms with Crippen molar-refractivity contribution in [3.05, 3.63) is 79.5 Å². The van der Waals surface area contributed by atoms with E-state index >= 15 is 0 Å². The summed E-state index contributed by atoms with van der Waals surface area (Å²) < 4.78 is 24.5. The third-order valence-corrected chi connectivity index (χ3v) is 13.5. The number of piperazine rings is 1. The average Bonchev–Trinajstić information content (AvgIpc) is 3.54. The molecule has 0 radical (unpaired) electrons. The van der Waals surface area contributed by atoms with Crippen molar-refractivity contribution in [3.8, 4) is 11.5 Å². The van der Waals surface area contributed by atoms with E-state index in [1.165, 1.54) is 52.4 Å². The number of ether oxygens (including phenoxy) is 3. The molecule has 1 saturated heterocycles. The second-order valence-corrected chi connectivity index (χ2v) is 18.6. The van der Waals surface area contributed by atoms with Gasteiger partial charge in [-0.2, -0.15) is 0 Å². The molecule has 3 aromatic carbocycles. The fraction of sp³-hybridized carbons (Fsp3) is 0.510. The summed E-state index contributed by atoms with van der Waals surface area (Å²) in [6.45, 7) is 19.5. The van der Waals surface area contributed by atoms with Gasteiger partial charge in [-0.3, -0.25) is 19.3 Å². The van der Waals surface area contributed by atoms with Gasteiger partial charge in [0.2, 0.25) is 10.9 Å². The number of benzene rings is 3. The van der Waals surface area contributed by atoms with E-state index in [9.17, 15) is 39.9 Å². The molecular weight excluding hydrogens is 837 g/mol. The molecule has 6 N–H and O–H groups in total. The summed E-state index contributed by atoms with van der Waals surface area (Å²) in [7, 11) is 1.45. The van der Waals surface area contributed by atoms with Crippen LogP contribution in [-0.4, -0.2) is 111 Å². The largest absolute Gasteiger partial charge is 0.507 e. The van der Waals surface area contributed by atoms with E-state index < -0.39 is 82.1 Å². The predicted molar refractivity (Wildman–Crippen MR) is 249 cm³/mol. The van der Waals surface area contributed by atoms with E-state index in [2.05, 4.69) is 29.0 Å². The lowest BCUT2D eigenvalue weighted by Gasteiger charge is -2.36. The zero-order chi connectivity index (χ0) is 47.4. The van der Waals surface area contributed by atoms with Crippen molar-refractivity contribution in [2.75, 3.05) is 50.1 Å². The Bertz CT molecular complexity index is 2780. The highest BCUT2D eigenvalue weighted by Gasteiger charge is 2.44. The minimum absolute atomic E-state index is 0.0337. The lowest BCUT2D eigenvalue weighted by molar-refractivity contribution is -0.112. The van der Waals surface area contributed by atoms with Gasteiger partial charge < -0.3 is 54.4 Å². The molecule has 4 bridgehead atoms. The van der Waals surface area contributed by atoms with Gasteiger partial charge in [0.05, 0.1) is 41.3 Å². The Kier molecular flexibility index (Phi) is 13.4. The number of nitrogens with zero attached hydrogens (tertiary/aromatic N) is 3. The van der Waals surface area contributed by atoms with Crippen LogP contribution in [0.2, 0.25) is 0 Å². The Labute approximate surface area is 377 Å². The number of nitrogens with one attached hydrogen (secondary N) is 1. The number of methoxy groups -OCH3 is 1. The smallest absolute Gasteiger partial charge is 0.307 e.